The molecule has 2 rings (SSSR count). The molecule has 7 heteroatoms. The van der Waals surface area contributed by atoms with Crippen LogP contribution < -0.4 is 10.6 Å². The molecule has 0 unspecified atom stereocenters. The van der Waals surface area contributed by atoms with E-state index < -0.39 is 5.97 Å². The first kappa shape index (κ1) is 15.6. The van der Waals surface area contributed by atoms with E-state index >= 15 is 0 Å². The zero-order chi connectivity index (χ0) is 15.6. The molecule has 6 nitrogen and oxygen atoms in total. The number of rotatable bonds is 3. The van der Waals surface area contributed by atoms with Crippen molar-refractivity contribution in [3.05, 3.63) is 10.4 Å². The maximum absolute atomic E-state index is 12.2. The van der Waals surface area contributed by atoms with Gasteiger partial charge in [-0.3, -0.25) is 0 Å². The number of carbonyl (C=O) groups is 1. The van der Waals surface area contributed by atoms with Gasteiger partial charge in [-0.2, -0.15) is 5.26 Å². The quantitative estimate of drug-likeness (QED) is 0.859. The molecule has 1 aliphatic heterocycles. The lowest BCUT2D eigenvalue weighted by molar-refractivity contribution is -0.00513. The van der Waals surface area contributed by atoms with E-state index in [4.69, 9.17) is 20.5 Å². The molecule has 114 valence electrons. The molecule has 0 spiro atoms. The number of hydrogen-bond donors (Lipinski definition) is 1. The standard InChI is InChI=1S/C14H19N3O3S/c1-4-19-14(18)11-12(16)10(5-15)21-13(11)17-6-8(2)20-9(3)7-17/h8-9H,4,6-7,16H2,1-3H3/t8-,9+. The topological polar surface area (TPSA) is 88.6 Å². The Morgan fingerprint density at radius 3 is 2.67 bits per heavy atom. The lowest BCUT2D eigenvalue weighted by Crippen LogP contribution is -2.45. The highest BCUT2D eigenvalue weighted by Gasteiger charge is 2.30. The van der Waals surface area contributed by atoms with Crippen LogP contribution in [0.4, 0.5) is 10.7 Å². The van der Waals surface area contributed by atoms with E-state index in [-0.39, 0.29) is 24.5 Å². The lowest BCUT2D eigenvalue weighted by atomic mass is 10.2. The first-order valence-corrected chi connectivity index (χ1v) is 7.69. The molecule has 1 aromatic heterocycles. The van der Waals surface area contributed by atoms with Crippen molar-refractivity contribution in [2.45, 2.75) is 33.0 Å². The van der Waals surface area contributed by atoms with E-state index in [1.54, 1.807) is 6.92 Å². The summed E-state index contributed by atoms with van der Waals surface area (Å²) in [6.07, 6.45) is 0.107. The molecule has 2 atom stereocenters. The summed E-state index contributed by atoms with van der Waals surface area (Å²) in [5, 5.41) is 9.85. The van der Waals surface area contributed by atoms with Gasteiger partial charge >= 0.3 is 5.97 Å². The van der Waals surface area contributed by atoms with Crippen molar-refractivity contribution in [3.8, 4) is 6.07 Å². The SMILES string of the molecule is CCOC(=O)c1c(N2C[C@@H](C)O[C@@H](C)C2)sc(C#N)c1N. The molecule has 0 bridgehead atoms. The molecule has 0 aromatic carbocycles. The predicted octanol–water partition coefficient (Wildman–Crippen LogP) is 1.99. The van der Waals surface area contributed by atoms with Gasteiger partial charge in [0.15, 0.2) is 0 Å². The summed E-state index contributed by atoms with van der Waals surface area (Å²) in [4.78, 5) is 14.6. The average molecular weight is 309 g/mol. The summed E-state index contributed by atoms with van der Waals surface area (Å²) in [7, 11) is 0. The van der Waals surface area contributed by atoms with E-state index in [1.165, 1.54) is 11.3 Å². The third-order valence-electron chi connectivity index (χ3n) is 3.21. The lowest BCUT2D eigenvalue weighted by Gasteiger charge is -2.36. The molecule has 0 saturated carbocycles. The number of morpholine rings is 1. The van der Waals surface area contributed by atoms with Gasteiger partial charge in [0.1, 0.15) is 21.5 Å². The smallest absolute Gasteiger partial charge is 0.343 e. The van der Waals surface area contributed by atoms with Crippen molar-refractivity contribution in [2.75, 3.05) is 30.3 Å². The Bertz CT molecular complexity index is 569. The van der Waals surface area contributed by atoms with Crippen molar-refractivity contribution in [3.63, 3.8) is 0 Å². The molecular weight excluding hydrogens is 290 g/mol. The van der Waals surface area contributed by atoms with E-state index in [0.717, 1.165) is 0 Å². The molecule has 1 aromatic rings. The maximum atomic E-state index is 12.2. The first-order valence-electron chi connectivity index (χ1n) is 6.87. The third-order valence-corrected chi connectivity index (χ3v) is 4.39. The number of nitriles is 1. The normalized spacial score (nSPS) is 21.9. The first-order chi connectivity index (χ1) is 9.97. The fraction of sp³-hybridized carbons (Fsp3) is 0.571. The van der Waals surface area contributed by atoms with Crippen molar-refractivity contribution in [1.82, 2.24) is 0 Å². The number of nitrogens with two attached hydrogens (primary N) is 1. The van der Waals surface area contributed by atoms with Crippen LogP contribution in [0.1, 0.15) is 36.0 Å². The highest BCUT2D eigenvalue weighted by molar-refractivity contribution is 7.17. The fourth-order valence-corrected chi connectivity index (χ4v) is 3.51. The summed E-state index contributed by atoms with van der Waals surface area (Å²) in [6, 6.07) is 2.04. The molecule has 2 heterocycles. The van der Waals surface area contributed by atoms with Crippen LogP contribution in [0, 0.1) is 11.3 Å². The zero-order valence-electron chi connectivity index (χ0n) is 12.4. The summed E-state index contributed by atoms with van der Waals surface area (Å²) in [5.74, 6) is -0.477. The van der Waals surface area contributed by atoms with Crippen LogP contribution in [0.5, 0.6) is 0 Å². The molecule has 0 amide bonds. The van der Waals surface area contributed by atoms with Gasteiger partial charge in [-0.05, 0) is 20.8 Å². The minimum absolute atomic E-state index is 0.0534. The molecular formula is C14H19N3O3S. The minimum Gasteiger partial charge on any atom is -0.462 e. The Morgan fingerprint density at radius 2 is 2.14 bits per heavy atom. The van der Waals surface area contributed by atoms with Gasteiger partial charge in [0.05, 0.1) is 24.5 Å². The van der Waals surface area contributed by atoms with Gasteiger partial charge in [-0.15, -0.1) is 11.3 Å². The van der Waals surface area contributed by atoms with Crippen LogP contribution in [0.2, 0.25) is 0 Å². The number of hydrogen-bond acceptors (Lipinski definition) is 7. The van der Waals surface area contributed by atoms with Crippen LogP contribution in [0.15, 0.2) is 0 Å². The highest BCUT2D eigenvalue weighted by Crippen LogP contribution is 2.39. The average Bonchev–Trinajstić information content (AvgIpc) is 2.75. The second-order valence-electron chi connectivity index (χ2n) is 5.02. The molecule has 1 saturated heterocycles. The molecule has 0 radical (unpaired) electrons. The van der Waals surface area contributed by atoms with Gasteiger partial charge in [-0.1, -0.05) is 0 Å². The number of anilines is 2. The van der Waals surface area contributed by atoms with Gasteiger partial charge in [0.2, 0.25) is 0 Å². The van der Waals surface area contributed by atoms with Crippen LogP contribution in [-0.2, 0) is 9.47 Å². The molecule has 1 aliphatic rings. The monoisotopic (exact) mass is 309 g/mol. The van der Waals surface area contributed by atoms with Crippen molar-refractivity contribution >= 4 is 28.0 Å². The van der Waals surface area contributed by atoms with Crippen molar-refractivity contribution in [2.24, 2.45) is 0 Å². The number of nitrogen functional groups attached to an aromatic ring is 1. The summed E-state index contributed by atoms with van der Waals surface area (Å²) in [5.41, 5.74) is 6.47. The number of ether oxygens (including phenoxy) is 2. The van der Waals surface area contributed by atoms with E-state index in [9.17, 15) is 4.79 Å². The predicted molar refractivity (Wildman–Crippen MR) is 81.6 cm³/mol. The number of carbonyl (C=O) groups excluding carboxylic acids is 1. The summed E-state index contributed by atoms with van der Waals surface area (Å²) >= 11 is 1.23. The van der Waals surface area contributed by atoms with E-state index in [1.807, 2.05) is 24.8 Å². The van der Waals surface area contributed by atoms with Crippen LogP contribution in [-0.4, -0.2) is 37.9 Å². The Morgan fingerprint density at radius 1 is 1.52 bits per heavy atom. The summed E-state index contributed by atoms with van der Waals surface area (Å²) in [6.45, 7) is 7.28. The largest absolute Gasteiger partial charge is 0.462 e. The van der Waals surface area contributed by atoms with Gasteiger partial charge in [0.25, 0.3) is 0 Å². The van der Waals surface area contributed by atoms with Crippen LogP contribution >= 0.6 is 11.3 Å². The zero-order valence-corrected chi connectivity index (χ0v) is 13.2. The maximum Gasteiger partial charge on any atom is 0.343 e. The van der Waals surface area contributed by atoms with Gasteiger partial charge in [-0.25, -0.2) is 4.79 Å². The van der Waals surface area contributed by atoms with Gasteiger partial charge < -0.3 is 20.1 Å². The van der Waals surface area contributed by atoms with Crippen LogP contribution in [0.25, 0.3) is 0 Å². The molecule has 0 aliphatic carbocycles. The number of thiophene rings is 1. The Hall–Kier alpha value is -1.78. The van der Waals surface area contributed by atoms with Gasteiger partial charge in [0, 0.05) is 13.1 Å². The number of esters is 1. The van der Waals surface area contributed by atoms with Crippen LogP contribution in [0.3, 0.4) is 0 Å². The second-order valence-corrected chi connectivity index (χ2v) is 6.02. The van der Waals surface area contributed by atoms with E-state index in [2.05, 4.69) is 0 Å². The molecule has 2 N–H and O–H groups in total. The molecule has 1 fully saturated rings. The van der Waals surface area contributed by atoms with Crippen molar-refractivity contribution in [1.29, 1.82) is 5.26 Å². The number of nitrogens with zero attached hydrogens (tertiary/aromatic N) is 2. The minimum atomic E-state index is -0.477. The van der Waals surface area contributed by atoms with Crippen molar-refractivity contribution < 1.29 is 14.3 Å². The Balaban J connectivity index is 2.42. The third kappa shape index (κ3) is 3.12. The fourth-order valence-electron chi connectivity index (χ4n) is 2.48. The Kier molecular flexibility index (Phi) is 4.70. The summed E-state index contributed by atoms with van der Waals surface area (Å²) < 4.78 is 10.8. The second kappa shape index (κ2) is 6.33. The highest BCUT2D eigenvalue weighted by atomic mass is 32.1. The molecule has 21 heavy (non-hydrogen) atoms. The van der Waals surface area contributed by atoms with E-state index in [0.29, 0.717) is 28.5 Å². The Labute approximate surface area is 128 Å².